The zero-order chi connectivity index (χ0) is 11.6. The normalized spacial score (nSPS) is 11.3. The number of nitrogens with zero attached hydrogens (tertiary/aromatic N) is 1. The number of hydrogen-bond acceptors (Lipinski definition) is 3. The molecule has 0 saturated heterocycles. The SMILES string of the molecule is O=C(Cl)c1cc(OC(F)(F)F)cnc1Cl. The quantitative estimate of drug-likeness (QED) is 0.606. The summed E-state index contributed by atoms with van der Waals surface area (Å²) in [7, 11) is 0. The minimum absolute atomic E-state index is 0.287. The van der Waals surface area contributed by atoms with Crippen molar-refractivity contribution in [3.63, 3.8) is 0 Å². The second kappa shape index (κ2) is 4.24. The number of halogens is 5. The average molecular weight is 260 g/mol. The van der Waals surface area contributed by atoms with E-state index in [0.29, 0.717) is 0 Å². The Morgan fingerprint density at radius 3 is 2.53 bits per heavy atom. The molecule has 15 heavy (non-hydrogen) atoms. The van der Waals surface area contributed by atoms with Gasteiger partial charge in [0.15, 0.2) is 0 Å². The van der Waals surface area contributed by atoms with Crippen molar-refractivity contribution < 1.29 is 22.7 Å². The second-order valence-electron chi connectivity index (χ2n) is 2.33. The summed E-state index contributed by atoms with van der Waals surface area (Å²) in [5.74, 6) is -0.657. The van der Waals surface area contributed by atoms with Crippen LogP contribution < -0.4 is 4.74 Å². The van der Waals surface area contributed by atoms with Crippen LogP contribution in [-0.4, -0.2) is 16.6 Å². The highest BCUT2D eigenvalue weighted by Crippen LogP contribution is 2.25. The van der Waals surface area contributed by atoms with E-state index in [1.807, 2.05) is 0 Å². The van der Waals surface area contributed by atoms with Crippen LogP contribution in [-0.2, 0) is 0 Å². The van der Waals surface area contributed by atoms with Crippen LogP contribution in [0, 0.1) is 0 Å². The van der Waals surface area contributed by atoms with Crippen molar-refractivity contribution in [3.05, 3.63) is 23.0 Å². The molecule has 82 valence electrons. The van der Waals surface area contributed by atoms with Crippen molar-refractivity contribution in [2.75, 3.05) is 0 Å². The van der Waals surface area contributed by atoms with E-state index < -0.39 is 17.4 Å². The number of carbonyl (C=O) groups is 1. The van der Waals surface area contributed by atoms with Crippen molar-refractivity contribution in [2.24, 2.45) is 0 Å². The Bertz CT molecular complexity index is 394. The Hall–Kier alpha value is -1.01. The predicted molar refractivity (Wildman–Crippen MR) is 46.1 cm³/mol. The summed E-state index contributed by atoms with van der Waals surface area (Å²) in [6.07, 6.45) is -4.12. The van der Waals surface area contributed by atoms with Gasteiger partial charge in [-0.15, -0.1) is 13.2 Å². The third kappa shape index (κ3) is 3.56. The topological polar surface area (TPSA) is 39.2 Å². The Kier molecular flexibility index (Phi) is 3.41. The van der Waals surface area contributed by atoms with E-state index in [1.54, 1.807) is 0 Å². The number of rotatable bonds is 2. The van der Waals surface area contributed by atoms with Crippen LogP contribution in [0.4, 0.5) is 13.2 Å². The lowest BCUT2D eigenvalue weighted by Gasteiger charge is -2.08. The van der Waals surface area contributed by atoms with Gasteiger partial charge in [-0.2, -0.15) is 0 Å². The molecule has 0 saturated carbocycles. The molecule has 0 spiro atoms. The fourth-order valence-corrected chi connectivity index (χ4v) is 1.14. The maximum Gasteiger partial charge on any atom is 0.573 e. The first-order valence-corrected chi connectivity index (χ1v) is 4.16. The van der Waals surface area contributed by atoms with E-state index in [-0.39, 0.29) is 10.7 Å². The predicted octanol–water partition coefficient (Wildman–Crippen LogP) is 3.01. The molecule has 0 atom stereocenters. The molecule has 0 amide bonds. The van der Waals surface area contributed by atoms with Gasteiger partial charge < -0.3 is 4.74 Å². The Labute approximate surface area is 91.8 Å². The van der Waals surface area contributed by atoms with Gasteiger partial charge in [-0.3, -0.25) is 4.79 Å². The largest absolute Gasteiger partial charge is 0.573 e. The molecule has 0 aliphatic carbocycles. The van der Waals surface area contributed by atoms with Crippen LogP contribution in [0.25, 0.3) is 0 Å². The maximum absolute atomic E-state index is 11.8. The highest BCUT2D eigenvalue weighted by molar-refractivity contribution is 6.68. The number of carbonyl (C=O) groups excluding carboxylic acids is 1. The number of ether oxygens (including phenoxy) is 1. The number of pyridine rings is 1. The highest BCUT2D eigenvalue weighted by Gasteiger charge is 2.31. The van der Waals surface area contributed by atoms with Crippen molar-refractivity contribution in [2.45, 2.75) is 6.36 Å². The van der Waals surface area contributed by atoms with Gasteiger partial charge in [-0.1, -0.05) is 11.6 Å². The van der Waals surface area contributed by atoms with Crippen LogP contribution in [0.2, 0.25) is 5.15 Å². The zero-order valence-electron chi connectivity index (χ0n) is 6.81. The Morgan fingerprint density at radius 2 is 2.07 bits per heavy atom. The smallest absolute Gasteiger partial charge is 0.404 e. The maximum atomic E-state index is 11.8. The summed E-state index contributed by atoms with van der Waals surface area (Å²) in [4.78, 5) is 14.0. The van der Waals surface area contributed by atoms with Gasteiger partial charge in [-0.05, 0) is 17.7 Å². The van der Waals surface area contributed by atoms with Crippen molar-refractivity contribution in [1.82, 2.24) is 4.98 Å². The minimum atomic E-state index is -4.86. The Balaban J connectivity index is 3.03. The number of aromatic nitrogens is 1. The summed E-state index contributed by atoms with van der Waals surface area (Å²) in [6.45, 7) is 0. The average Bonchev–Trinajstić information content (AvgIpc) is 2.05. The summed E-state index contributed by atoms with van der Waals surface area (Å²) in [6, 6.07) is 0.762. The molecule has 1 rings (SSSR count). The summed E-state index contributed by atoms with van der Waals surface area (Å²) < 4.78 is 38.8. The molecule has 0 aliphatic heterocycles. The van der Waals surface area contributed by atoms with Crippen LogP contribution >= 0.6 is 23.2 Å². The van der Waals surface area contributed by atoms with Crippen molar-refractivity contribution in [1.29, 1.82) is 0 Å². The van der Waals surface area contributed by atoms with Crippen LogP contribution in [0.1, 0.15) is 10.4 Å². The lowest BCUT2D eigenvalue weighted by molar-refractivity contribution is -0.274. The Morgan fingerprint density at radius 1 is 1.47 bits per heavy atom. The van der Waals surface area contributed by atoms with E-state index in [0.717, 1.165) is 12.3 Å². The number of alkyl halides is 3. The molecule has 3 nitrogen and oxygen atoms in total. The summed E-state index contributed by atoms with van der Waals surface area (Å²) >= 11 is 10.5. The summed E-state index contributed by atoms with van der Waals surface area (Å²) in [5, 5.41) is -1.30. The first-order chi connectivity index (χ1) is 6.79. The third-order valence-corrected chi connectivity index (χ3v) is 1.76. The van der Waals surface area contributed by atoms with Gasteiger partial charge in [0, 0.05) is 0 Å². The molecule has 1 aromatic rings. The van der Waals surface area contributed by atoms with Crippen LogP contribution in [0.15, 0.2) is 12.3 Å². The van der Waals surface area contributed by atoms with Gasteiger partial charge >= 0.3 is 6.36 Å². The van der Waals surface area contributed by atoms with Gasteiger partial charge in [0.05, 0.1) is 11.8 Å². The van der Waals surface area contributed by atoms with Crippen molar-refractivity contribution in [3.8, 4) is 5.75 Å². The molecule has 0 aromatic carbocycles. The first-order valence-electron chi connectivity index (χ1n) is 3.41. The van der Waals surface area contributed by atoms with Gasteiger partial charge in [-0.25, -0.2) is 4.98 Å². The lowest BCUT2D eigenvalue weighted by Crippen LogP contribution is -2.17. The first kappa shape index (κ1) is 12.1. The van der Waals surface area contributed by atoms with Gasteiger partial charge in [0.2, 0.25) is 0 Å². The second-order valence-corrected chi connectivity index (χ2v) is 3.03. The van der Waals surface area contributed by atoms with E-state index in [1.165, 1.54) is 0 Å². The fourth-order valence-electron chi connectivity index (χ4n) is 0.756. The number of hydrogen-bond donors (Lipinski definition) is 0. The van der Waals surface area contributed by atoms with Crippen molar-refractivity contribution >= 4 is 28.4 Å². The summed E-state index contributed by atoms with van der Waals surface area (Å²) in [5.41, 5.74) is -0.347. The molecule has 1 heterocycles. The van der Waals surface area contributed by atoms with Gasteiger partial charge in [0.1, 0.15) is 10.9 Å². The molecule has 0 radical (unpaired) electrons. The molecule has 8 heteroatoms. The molecule has 0 fully saturated rings. The molecule has 1 aromatic heterocycles. The zero-order valence-corrected chi connectivity index (χ0v) is 8.32. The third-order valence-electron chi connectivity index (χ3n) is 1.26. The van der Waals surface area contributed by atoms with E-state index in [9.17, 15) is 18.0 Å². The van der Waals surface area contributed by atoms with E-state index >= 15 is 0 Å². The van der Waals surface area contributed by atoms with Crippen LogP contribution in [0.5, 0.6) is 5.75 Å². The standard InChI is InChI=1S/C7H2Cl2F3NO2/c8-5-4(6(9)14)1-3(2-13-5)15-7(10,11)12/h1-2H. The minimum Gasteiger partial charge on any atom is -0.404 e. The fraction of sp³-hybridized carbons (Fsp3) is 0.143. The molecule has 0 bridgehead atoms. The highest BCUT2D eigenvalue weighted by atomic mass is 35.5. The van der Waals surface area contributed by atoms with Gasteiger partial charge in [0.25, 0.3) is 5.24 Å². The molecular formula is C7H2Cl2F3NO2. The molecule has 0 N–H and O–H groups in total. The molecule has 0 aliphatic rings. The lowest BCUT2D eigenvalue weighted by atomic mass is 10.3. The molecular weight excluding hydrogens is 258 g/mol. The van der Waals surface area contributed by atoms with E-state index in [2.05, 4.69) is 9.72 Å². The monoisotopic (exact) mass is 259 g/mol. The molecule has 0 unspecified atom stereocenters. The van der Waals surface area contributed by atoms with Crippen LogP contribution in [0.3, 0.4) is 0 Å². The van der Waals surface area contributed by atoms with E-state index in [4.69, 9.17) is 23.2 Å².